The van der Waals surface area contributed by atoms with Gasteiger partial charge in [-0.1, -0.05) is 36.7 Å². The Morgan fingerprint density at radius 1 is 1.33 bits per heavy atom. The number of carbonyl (C=O) groups is 1. The number of thiophene rings is 1. The van der Waals surface area contributed by atoms with E-state index in [1.54, 1.807) is 11.3 Å². The van der Waals surface area contributed by atoms with Crippen molar-refractivity contribution >= 4 is 39.0 Å². The summed E-state index contributed by atoms with van der Waals surface area (Å²) in [5.41, 5.74) is 0. The van der Waals surface area contributed by atoms with Gasteiger partial charge >= 0.3 is 5.97 Å². The van der Waals surface area contributed by atoms with Crippen LogP contribution in [0.15, 0.2) is 24.3 Å². The summed E-state index contributed by atoms with van der Waals surface area (Å²) in [7, 11) is 0. The zero-order chi connectivity index (χ0) is 15.2. The summed E-state index contributed by atoms with van der Waals surface area (Å²) in [6.07, 6.45) is 0.988. The molecule has 0 radical (unpaired) electrons. The lowest BCUT2D eigenvalue weighted by Crippen LogP contribution is -2.31. The highest BCUT2D eigenvalue weighted by Crippen LogP contribution is 2.35. The number of esters is 1. The topological polar surface area (TPSA) is 29.5 Å². The number of hydrogen-bond donors (Lipinski definition) is 0. The monoisotopic (exact) mass is 325 g/mol. The largest absolute Gasteiger partial charge is 0.465 e. The Hall–Kier alpha value is -1.10. The van der Waals surface area contributed by atoms with Crippen LogP contribution in [0.2, 0.25) is 5.02 Å². The molecule has 0 bridgehead atoms. The number of ether oxygens (including phenoxy) is 1. The van der Waals surface area contributed by atoms with Crippen molar-refractivity contribution in [3.63, 3.8) is 0 Å². The molecule has 0 spiro atoms. The third-order valence-corrected chi connectivity index (χ3v) is 4.87. The molecule has 0 N–H and O–H groups in total. The average molecular weight is 326 g/mol. The smallest absolute Gasteiger partial charge is 0.320 e. The maximum Gasteiger partial charge on any atom is 0.320 e. The van der Waals surface area contributed by atoms with Gasteiger partial charge < -0.3 is 4.74 Å². The Balaban J connectivity index is 2.14. The van der Waals surface area contributed by atoms with Gasteiger partial charge in [-0.25, -0.2) is 0 Å². The Morgan fingerprint density at radius 3 is 2.76 bits per heavy atom. The Kier molecular flexibility index (Phi) is 6.03. The van der Waals surface area contributed by atoms with Gasteiger partial charge in [-0.2, -0.15) is 0 Å². The summed E-state index contributed by atoms with van der Waals surface area (Å²) in [6.45, 7) is 6.19. The second-order valence-corrected chi connectivity index (χ2v) is 6.37. The molecule has 1 aromatic heterocycles. The van der Waals surface area contributed by atoms with Crippen LogP contribution in [0.3, 0.4) is 0 Å². The van der Waals surface area contributed by atoms with Crippen LogP contribution < -0.4 is 0 Å². The molecule has 0 aliphatic carbocycles. The number of nitrogens with zero attached hydrogens (tertiary/aromatic N) is 1. The van der Waals surface area contributed by atoms with Gasteiger partial charge in [-0.05, 0) is 26.0 Å². The SMILES string of the molecule is CCCN(CC(=O)OCC)Cc1sc2ccccc2c1Cl. The first-order valence-electron chi connectivity index (χ1n) is 7.19. The van der Waals surface area contributed by atoms with E-state index in [0.717, 1.165) is 28.3 Å². The molecule has 1 aromatic carbocycles. The minimum atomic E-state index is -0.178. The third kappa shape index (κ3) is 4.19. The highest BCUT2D eigenvalue weighted by molar-refractivity contribution is 7.19. The predicted molar refractivity (Wildman–Crippen MR) is 89.0 cm³/mol. The summed E-state index contributed by atoms with van der Waals surface area (Å²) in [6, 6.07) is 8.12. The van der Waals surface area contributed by atoms with E-state index in [0.29, 0.717) is 19.7 Å². The Bertz CT molecular complexity index is 611. The fraction of sp³-hybridized carbons (Fsp3) is 0.438. The quantitative estimate of drug-likeness (QED) is 0.710. The number of halogens is 1. The number of carbonyl (C=O) groups excluding carboxylic acids is 1. The molecule has 0 fully saturated rings. The Morgan fingerprint density at radius 2 is 2.10 bits per heavy atom. The van der Waals surface area contributed by atoms with Gasteiger partial charge in [0.15, 0.2) is 0 Å². The lowest BCUT2D eigenvalue weighted by atomic mass is 10.2. The van der Waals surface area contributed by atoms with Gasteiger partial charge in [-0.15, -0.1) is 11.3 Å². The van der Waals surface area contributed by atoms with E-state index < -0.39 is 0 Å². The molecule has 2 rings (SSSR count). The minimum Gasteiger partial charge on any atom is -0.465 e. The van der Waals surface area contributed by atoms with Crippen molar-refractivity contribution in [2.75, 3.05) is 19.7 Å². The number of benzene rings is 1. The molecule has 1 heterocycles. The molecular formula is C16H20ClNO2S. The lowest BCUT2D eigenvalue weighted by Gasteiger charge is -2.19. The third-order valence-electron chi connectivity index (χ3n) is 3.17. The summed E-state index contributed by atoms with van der Waals surface area (Å²) in [5, 5.41) is 1.90. The van der Waals surface area contributed by atoms with E-state index in [9.17, 15) is 4.79 Å². The van der Waals surface area contributed by atoms with E-state index in [4.69, 9.17) is 16.3 Å². The fourth-order valence-corrected chi connectivity index (χ4v) is 3.82. The fourth-order valence-electron chi connectivity index (χ4n) is 2.29. The zero-order valence-electron chi connectivity index (χ0n) is 12.4. The molecule has 0 saturated heterocycles. The van der Waals surface area contributed by atoms with Crippen molar-refractivity contribution in [2.45, 2.75) is 26.8 Å². The number of rotatable bonds is 7. The van der Waals surface area contributed by atoms with Crippen LogP contribution in [0.5, 0.6) is 0 Å². The minimum absolute atomic E-state index is 0.178. The van der Waals surface area contributed by atoms with Crippen LogP contribution in [0.4, 0.5) is 0 Å². The second kappa shape index (κ2) is 7.78. The predicted octanol–water partition coefficient (Wildman–Crippen LogP) is 4.33. The van der Waals surface area contributed by atoms with Crippen LogP contribution in [-0.2, 0) is 16.1 Å². The van der Waals surface area contributed by atoms with E-state index in [1.165, 1.54) is 4.70 Å². The molecule has 0 aliphatic heterocycles. The van der Waals surface area contributed by atoms with Crippen molar-refractivity contribution in [2.24, 2.45) is 0 Å². The van der Waals surface area contributed by atoms with Crippen LogP contribution in [0, 0.1) is 0 Å². The van der Waals surface area contributed by atoms with E-state index >= 15 is 0 Å². The van der Waals surface area contributed by atoms with Crippen molar-refractivity contribution in [3.05, 3.63) is 34.2 Å². The van der Waals surface area contributed by atoms with Crippen molar-refractivity contribution in [1.29, 1.82) is 0 Å². The molecule has 0 aliphatic rings. The molecular weight excluding hydrogens is 306 g/mol. The van der Waals surface area contributed by atoms with Gasteiger partial charge in [0.05, 0.1) is 18.2 Å². The van der Waals surface area contributed by atoms with E-state index in [-0.39, 0.29) is 5.97 Å². The molecule has 0 amide bonds. The molecule has 0 unspecified atom stereocenters. The maximum atomic E-state index is 11.7. The molecule has 5 heteroatoms. The number of hydrogen-bond acceptors (Lipinski definition) is 4. The van der Waals surface area contributed by atoms with Crippen molar-refractivity contribution < 1.29 is 9.53 Å². The Labute approximate surface area is 134 Å². The molecule has 2 aromatic rings. The highest BCUT2D eigenvalue weighted by Gasteiger charge is 2.16. The van der Waals surface area contributed by atoms with Gasteiger partial charge in [-0.3, -0.25) is 9.69 Å². The first-order valence-corrected chi connectivity index (χ1v) is 8.39. The molecule has 114 valence electrons. The van der Waals surface area contributed by atoms with Crippen LogP contribution in [0.1, 0.15) is 25.1 Å². The average Bonchev–Trinajstić information content (AvgIpc) is 2.76. The summed E-state index contributed by atoms with van der Waals surface area (Å²) < 4.78 is 6.22. The van der Waals surface area contributed by atoms with E-state index in [1.807, 2.05) is 25.1 Å². The summed E-state index contributed by atoms with van der Waals surface area (Å²) >= 11 is 8.16. The first kappa shape index (κ1) is 16.3. The summed E-state index contributed by atoms with van der Waals surface area (Å²) in [5.74, 6) is -0.178. The van der Waals surface area contributed by atoms with Gasteiger partial charge in [0, 0.05) is 21.5 Å². The van der Waals surface area contributed by atoms with Crippen LogP contribution in [-0.4, -0.2) is 30.6 Å². The molecule has 0 atom stereocenters. The maximum absolute atomic E-state index is 11.7. The normalized spacial score (nSPS) is 11.2. The van der Waals surface area contributed by atoms with Crippen LogP contribution >= 0.6 is 22.9 Å². The summed E-state index contributed by atoms with van der Waals surface area (Å²) in [4.78, 5) is 14.9. The highest BCUT2D eigenvalue weighted by atomic mass is 35.5. The first-order chi connectivity index (χ1) is 10.2. The standard InChI is InChI=1S/C16H20ClNO2S/c1-3-9-18(11-15(19)20-4-2)10-14-16(17)12-7-5-6-8-13(12)21-14/h5-8H,3-4,9-11H2,1-2H3. The lowest BCUT2D eigenvalue weighted by molar-refractivity contribution is -0.144. The second-order valence-electron chi connectivity index (χ2n) is 4.85. The van der Waals surface area contributed by atoms with Gasteiger partial charge in [0.1, 0.15) is 0 Å². The molecule has 3 nitrogen and oxygen atoms in total. The van der Waals surface area contributed by atoms with Gasteiger partial charge in [0.25, 0.3) is 0 Å². The van der Waals surface area contributed by atoms with Crippen molar-refractivity contribution in [3.8, 4) is 0 Å². The van der Waals surface area contributed by atoms with Gasteiger partial charge in [0.2, 0.25) is 0 Å². The molecule has 21 heavy (non-hydrogen) atoms. The zero-order valence-corrected chi connectivity index (χ0v) is 14.0. The molecule has 0 saturated carbocycles. The van der Waals surface area contributed by atoms with Crippen molar-refractivity contribution in [1.82, 2.24) is 4.90 Å². The van der Waals surface area contributed by atoms with Crippen LogP contribution in [0.25, 0.3) is 10.1 Å². The van der Waals surface area contributed by atoms with E-state index in [2.05, 4.69) is 17.9 Å². The number of fused-ring (bicyclic) bond motifs is 1.